The minimum atomic E-state index is -1.35. The summed E-state index contributed by atoms with van der Waals surface area (Å²) in [6, 6.07) is 1.88. The van der Waals surface area contributed by atoms with E-state index in [1.54, 1.807) is 6.08 Å². The van der Waals surface area contributed by atoms with Gasteiger partial charge in [-0.15, -0.1) is 0 Å². The molecule has 0 bridgehead atoms. The predicted octanol–water partition coefficient (Wildman–Crippen LogP) is 2.54. The topological polar surface area (TPSA) is 50.9 Å². The summed E-state index contributed by atoms with van der Waals surface area (Å²) in [4.78, 5) is 4.47. The second-order valence-electron chi connectivity index (χ2n) is 4.72. The molecule has 3 nitrogen and oxygen atoms in total. The molecule has 2 rings (SSSR count). The van der Waals surface area contributed by atoms with Crippen molar-refractivity contribution in [1.29, 1.82) is 0 Å². The van der Waals surface area contributed by atoms with Crippen LogP contribution in [0.25, 0.3) is 11.8 Å². The number of rotatable bonds is 3. The largest absolute Gasteiger partial charge is 0.397 e. The zero-order chi connectivity index (χ0) is 13.3. The maximum absolute atomic E-state index is 13.8. The fourth-order valence-corrected chi connectivity index (χ4v) is 2.09. The fraction of sp³-hybridized carbons (Fsp3) is 0.357. The lowest BCUT2D eigenvalue weighted by Gasteiger charge is -2.11. The second kappa shape index (κ2) is 4.44. The standard InChI is InChI=1S/C14H18FN3/c1-4-9-6-10(16)13(18-11(9)5-2)12-7-14(3,15)8-17-12/h5-7,17H,2,4,8,16H2,1,3H3/t14-/m1/s1. The number of nitrogens with one attached hydrogen (secondary N) is 1. The number of aromatic nitrogens is 1. The van der Waals surface area contributed by atoms with E-state index in [9.17, 15) is 4.39 Å². The summed E-state index contributed by atoms with van der Waals surface area (Å²) in [7, 11) is 0. The number of nitrogens with zero attached hydrogens (tertiary/aromatic N) is 1. The van der Waals surface area contributed by atoms with Gasteiger partial charge in [-0.1, -0.05) is 13.5 Å². The molecule has 3 N–H and O–H groups in total. The number of nitrogen functional groups attached to an aromatic ring is 1. The van der Waals surface area contributed by atoms with E-state index in [0.29, 0.717) is 17.1 Å². The van der Waals surface area contributed by atoms with E-state index < -0.39 is 5.67 Å². The van der Waals surface area contributed by atoms with Gasteiger partial charge in [0.25, 0.3) is 0 Å². The van der Waals surface area contributed by atoms with Crippen molar-refractivity contribution in [2.24, 2.45) is 0 Å². The van der Waals surface area contributed by atoms with E-state index in [0.717, 1.165) is 17.7 Å². The van der Waals surface area contributed by atoms with Crippen LogP contribution in [0.2, 0.25) is 0 Å². The first kappa shape index (κ1) is 12.6. The SMILES string of the molecule is C=Cc1nc(C2=C[C@@](C)(F)CN2)c(N)cc1CC. The van der Waals surface area contributed by atoms with Crippen LogP contribution >= 0.6 is 0 Å². The van der Waals surface area contributed by atoms with Crippen molar-refractivity contribution in [2.45, 2.75) is 25.9 Å². The normalized spacial score (nSPS) is 22.5. The van der Waals surface area contributed by atoms with Gasteiger partial charge < -0.3 is 11.1 Å². The van der Waals surface area contributed by atoms with Crippen molar-refractivity contribution in [2.75, 3.05) is 12.3 Å². The van der Waals surface area contributed by atoms with Gasteiger partial charge in [0.2, 0.25) is 0 Å². The molecule has 96 valence electrons. The van der Waals surface area contributed by atoms with Crippen LogP contribution in [-0.2, 0) is 6.42 Å². The lowest BCUT2D eigenvalue weighted by atomic mass is 10.1. The van der Waals surface area contributed by atoms with E-state index in [4.69, 9.17) is 5.73 Å². The van der Waals surface area contributed by atoms with Gasteiger partial charge in [-0.3, -0.25) is 0 Å². The van der Waals surface area contributed by atoms with Crippen LogP contribution in [-0.4, -0.2) is 17.2 Å². The van der Waals surface area contributed by atoms with Crippen LogP contribution in [0.5, 0.6) is 0 Å². The molecule has 0 aromatic carbocycles. The third-order valence-corrected chi connectivity index (χ3v) is 3.06. The third kappa shape index (κ3) is 2.23. The maximum Gasteiger partial charge on any atom is 0.145 e. The minimum Gasteiger partial charge on any atom is -0.397 e. The van der Waals surface area contributed by atoms with Gasteiger partial charge >= 0.3 is 0 Å². The third-order valence-electron chi connectivity index (χ3n) is 3.06. The van der Waals surface area contributed by atoms with Crippen LogP contribution in [0.15, 0.2) is 18.7 Å². The van der Waals surface area contributed by atoms with Gasteiger partial charge in [-0.25, -0.2) is 9.37 Å². The number of halogens is 1. The Morgan fingerprint density at radius 2 is 2.39 bits per heavy atom. The van der Waals surface area contributed by atoms with Crippen LogP contribution in [0.1, 0.15) is 30.8 Å². The number of hydrogen-bond acceptors (Lipinski definition) is 3. The van der Waals surface area contributed by atoms with Crippen molar-refractivity contribution in [3.8, 4) is 0 Å². The van der Waals surface area contributed by atoms with Gasteiger partial charge in [0.1, 0.15) is 11.4 Å². The smallest absolute Gasteiger partial charge is 0.145 e. The Hall–Kier alpha value is -1.84. The molecule has 1 aromatic heterocycles. The first-order valence-electron chi connectivity index (χ1n) is 6.04. The number of anilines is 1. The Labute approximate surface area is 107 Å². The number of nitrogens with two attached hydrogens (primary N) is 1. The molecule has 1 aliphatic heterocycles. The van der Waals surface area contributed by atoms with Gasteiger partial charge in [0.15, 0.2) is 0 Å². The van der Waals surface area contributed by atoms with Gasteiger partial charge in [0.05, 0.1) is 23.6 Å². The first-order chi connectivity index (χ1) is 8.46. The summed E-state index contributed by atoms with van der Waals surface area (Å²) in [5, 5.41) is 3.00. The average molecular weight is 247 g/mol. The van der Waals surface area contributed by atoms with Gasteiger partial charge in [-0.2, -0.15) is 0 Å². The van der Waals surface area contributed by atoms with Crippen molar-refractivity contribution >= 4 is 17.5 Å². The molecule has 0 unspecified atom stereocenters. The van der Waals surface area contributed by atoms with Crippen LogP contribution in [0.3, 0.4) is 0 Å². The molecule has 0 saturated heterocycles. The van der Waals surface area contributed by atoms with Crippen molar-refractivity contribution in [1.82, 2.24) is 10.3 Å². The van der Waals surface area contributed by atoms with E-state index in [-0.39, 0.29) is 6.54 Å². The highest BCUT2D eigenvalue weighted by Crippen LogP contribution is 2.28. The van der Waals surface area contributed by atoms with Crippen molar-refractivity contribution in [3.63, 3.8) is 0 Å². The Bertz CT molecular complexity index is 518. The Morgan fingerprint density at radius 1 is 1.67 bits per heavy atom. The number of pyridine rings is 1. The van der Waals surface area contributed by atoms with E-state index >= 15 is 0 Å². The summed E-state index contributed by atoms with van der Waals surface area (Å²) in [5.74, 6) is 0. The van der Waals surface area contributed by atoms with Crippen LogP contribution in [0, 0.1) is 0 Å². The lowest BCUT2D eigenvalue weighted by molar-refractivity contribution is 0.271. The van der Waals surface area contributed by atoms with E-state index in [2.05, 4.69) is 16.9 Å². The zero-order valence-electron chi connectivity index (χ0n) is 10.8. The maximum atomic E-state index is 13.8. The summed E-state index contributed by atoms with van der Waals surface area (Å²) in [6.45, 7) is 7.56. The summed E-state index contributed by atoms with van der Waals surface area (Å²) in [6.07, 6.45) is 4.07. The molecule has 0 radical (unpaired) electrons. The molecule has 18 heavy (non-hydrogen) atoms. The number of hydrogen-bond donors (Lipinski definition) is 2. The molecule has 1 atom stereocenters. The van der Waals surface area contributed by atoms with Crippen LogP contribution in [0.4, 0.5) is 10.1 Å². The monoisotopic (exact) mass is 247 g/mol. The second-order valence-corrected chi connectivity index (χ2v) is 4.72. The first-order valence-corrected chi connectivity index (χ1v) is 6.04. The summed E-state index contributed by atoms with van der Waals surface area (Å²) in [5.41, 5.74) is 8.31. The molecule has 4 heteroatoms. The van der Waals surface area contributed by atoms with Gasteiger partial charge in [0, 0.05) is 0 Å². The van der Waals surface area contributed by atoms with Crippen molar-refractivity contribution < 1.29 is 4.39 Å². The summed E-state index contributed by atoms with van der Waals surface area (Å²) < 4.78 is 13.8. The molecule has 0 fully saturated rings. The fourth-order valence-electron chi connectivity index (χ4n) is 2.09. The highest BCUT2D eigenvalue weighted by atomic mass is 19.1. The molecule has 0 spiro atoms. The highest BCUT2D eigenvalue weighted by molar-refractivity contribution is 5.75. The van der Waals surface area contributed by atoms with E-state index in [1.165, 1.54) is 13.0 Å². The Balaban J connectivity index is 2.49. The average Bonchev–Trinajstić information content (AvgIpc) is 2.69. The number of alkyl halides is 1. The Kier molecular flexibility index (Phi) is 3.11. The molecule has 0 saturated carbocycles. The molecule has 2 heterocycles. The van der Waals surface area contributed by atoms with Crippen LogP contribution < -0.4 is 11.1 Å². The molecule has 0 aliphatic carbocycles. The molecule has 1 aromatic rings. The lowest BCUT2D eigenvalue weighted by Crippen LogP contribution is -2.22. The molecule has 1 aliphatic rings. The Morgan fingerprint density at radius 3 is 2.89 bits per heavy atom. The predicted molar refractivity (Wildman–Crippen MR) is 73.6 cm³/mol. The van der Waals surface area contributed by atoms with Gasteiger partial charge in [-0.05, 0) is 37.1 Å². The highest BCUT2D eigenvalue weighted by Gasteiger charge is 2.29. The summed E-state index contributed by atoms with van der Waals surface area (Å²) >= 11 is 0. The quantitative estimate of drug-likeness (QED) is 0.863. The molecular weight excluding hydrogens is 229 g/mol. The zero-order valence-corrected chi connectivity index (χ0v) is 10.8. The molecule has 0 amide bonds. The minimum absolute atomic E-state index is 0.252. The number of aryl methyl sites for hydroxylation is 1. The van der Waals surface area contributed by atoms with Crippen molar-refractivity contribution in [3.05, 3.63) is 35.7 Å². The van der Waals surface area contributed by atoms with E-state index in [1.807, 2.05) is 13.0 Å². The molecular formula is C14H18FN3.